The van der Waals surface area contributed by atoms with E-state index in [2.05, 4.69) is 45.0 Å². The Bertz CT molecular complexity index is 1090. The van der Waals surface area contributed by atoms with Gasteiger partial charge in [0.05, 0.1) is 17.8 Å². The van der Waals surface area contributed by atoms with E-state index in [1.54, 1.807) is 12.1 Å². The number of hydrogen-bond acceptors (Lipinski definition) is 4. The quantitative estimate of drug-likeness (QED) is 0.0989. The SMILES string of the molecule is CCCCCCCCC(CCC)Oc1ccc(OC(=O)c2ccc(-c3ccc(C(C)OCC)cc3)cc2)cc1. The van der Waals surface area contributed by atoms with Gasteiger partial charge in [-0.15, -0.1) is 0 Å². The van der Waals surface area contributed by atoms with Gasteiger partial charge in [-0.1, -0.05) is 88.8 Å². The first-order valence-corrected chi connectivity index (χ1v) is 14.8. The first-order valence-electron chi connectivity index (χ1n) is 14.8. The second-order valence-electron chi connectivity index (χ2n) is 10.2. The molecule has 0 bridgehead atoms. The van der Waals surface area contributed by atoms with Crippen molar-refractivity contribution in [2.24, 2.45) is 0 Å². The molecule has 0 fully saturated rings. The molecule has 0 aliphatic carbocycles. The van der Waals surface area contributed by atoms with Crippen molar-refractivity contribution in [3.63, 3.8) is 0 Å². The van der Waals surface area contributed by atoms with Gasteiger partial charge in [0.25, 0.3) is 0 Å². The van der Waals surface area contributed by atoms with Crippen molar-refractivity contribution in [2.45, 2.75) is 97.7 Å². The summed E-state index contributed by atoms with van der Waals surface area (Å²) in [7, 11) is 0. The average molecular weight is 531 g/mol. The number of rotatable bonds is 17. The van der Waals surface area contributed by atoms with Crippen molar-refractivity contribution in [3.05, 3.63) is 83.9 Å². The van der Waals surface area contributed by atoms with Crippen LogP contribution in [0.5, 0.6) is 11.5 Å². The van der Waals surface area contributed by atoms with Crippen LogP contribution < -0.4 is 9.47 Å². The Morgan fingerprint density at radius 3 is 1.87 bits per heavy atom. The molecule has 4 nitrogen and oxygen atoms in total. The third-order valence-corrected chi connectivity index (χ3v) is 7.08. The Morgan fingerprint density at radius 1 is 0.667 bits per heavy atom. The number of hydrogen-bond donors (Lipinski definition) is 0. The van der Waals surface area contributed by atoms with Crippen molar-refractivity contribution in [1.82, 2.24) is 0 Å². The Kier molecular flexibility index (Phi) is 13.1. The Labute approximate surface area is 235 Å². The fraction of sp³-hybridized carbons (Fsp3) is 0.457. The van der Waals surface area contributed by atoms with E-state index in [0.717, 1.165) is 41.7 Å². The Hall–Kier alpha value is -3.11. The summed E-state index contributed by atoms with van der Waals surface area (Å²) in [4.78, 5) is 12.7. The molecule has 0 saturated heterocycles. The highest BCUT2D eigenvalue weighted by Crippen LogP contribution is 2.25. The van der Waals surface area contributed by atoms with Crippen molar-refractivity contribution >= 4 is 5.97 Å². The molecule has 3 rings (SSSR count). The van der Waals surface area contributed by atoms with E-state index in [0.29, 0.717) is 17.9 Å². The van der Waals surface area contributed by atoms with E-state index in [1.165, 1.54) is 38.5 Å². The summed E-state index contributed by atoms with van der Waals surface area (Å²) >= 11 is 0. The highest BCUT2D eigenvalue weighted by Gasteiger charge is 2.12. The number of ether oxygens (including phenoxy) is 3. The zero-order chi connectivity index (χ0) is 27.9. The third kappa shape index (κ3) is 10.2. The molecule has 0 saturated carbocycles. The molecule has 0 spiro atoms. The normalized spacial score (nSPS) is 12.6. The van der Waals surface area contributed by atoms with Crippen molar-refractivity contribution < 1.29 is 19.0 Å². The van der Waals surface area contributed by atoms with Crippen LogP contribution in [-0.2, 0) is 4.74 Å². The van der Waals surface area contributed by atoms with Crippen LogP contribution in [-0.4, -0.2) is 18.7 Å². The zero-order valence-corrected chi connectivity index (χ0v) is 24.3. The number of carbonyl (C=O) groups is 1. The second kappa shape index (κ2) is 16.8. The molecule has 2 unspecified atom stereocenters. The minimum atomic E-state index is -0.372. The highest BCUT2D eigenvalue weighted by molar-refractivity contribution is 5.91. The molecule has 39 heavy (non-hydrogen) atoms. The average Bonchev–Trinajstić information content (AvgIpc) is 2.96. The summed E-state index contributed by atoms with van der Waals surface area (Å²) in [6.07, 6.45) is 11.3. The first kappa shape index (κ1) is 30.4. The molecule has 3 aromatic carbocycles. The van der Waals surface area contributed by atoms with E-state index < -0.39 is 0 Å². The maximum absolute atomic E-state index is 12.7. The molecule has 0 heterocycles. The van der Waals surface area contributed by atoms with Crippen molar-refractivity contribution in [2.75, 3.05) is 6.61 Å². The van der Waals surface area contributed by atoms with Gasteiger partial charge >= 0.3 is 5.97 Å². The van der Waals surface area contributed by atoms with Crippen LogP contribution in [0, 0.1) is 0 Å². The monoisotopic (exact) mass is 530 g/mol. The lowest BCUT2D eigenvalue weighted by atomic mass is 10.0. The minimum Gasteiger partial charge on any atom is -0.490 e. The smallest absolute Gasteiger partial charge is 0.343 e. The summed E-state index contributed by atoms with van der Waals surface area (Å²) in [5.74, 6) is 0.965. The van der Waals surface area contributed by atoms with E-state index in [1.807, 2.05) is 43.3 Å². The number of unbranched alkanes of at least 4 members (excludes halogenated alkanes) is 5. The molecule has 0 aliphatic heterocycles. The van der Waals surface area contributed by atoms with Crippen LogP contribution in [0.25, 0.3) is 11.1 Å². The molecule has 0 radical (unpaired) electrons. The van der Waals surface area contributed by atoms with E-state index >= 15 is 0 Å². The van der Waals surface area contributed by atoms with Crippen LogP contribution in [0.2, 0.25) is 0 Å². The van der Waals surface area contributed by atoms with Crippen molar-refractivity contribution in [1.29, 1.82) is 0 Å². The second-order valence-corrected chi connectivity index (χ2v) is 10.2. The molecule has 210 valence electrons. The summed E-state index contributed by atoms with van der Waals surface area (Å²) in [6.45, 7) is 9.20. The van der Waals surface area contributed by atoms with E-state index in [-0.39, 0.29) is 18.2 Å². The number of esters is 1. The predicted molar refractivity (Wildman–Crippen MR) is 161 cm³/mol. The summed E-state index contributed by atoms with van der Waals surface area (Å²) in [5, 5.41) is 0. The lowest BCUT2D eigenvalue weighted by Gasteiger charge is -2.19. The molecule has 3 aromatic rings. The van der Waals surface area contributed by atoms with Crippen LogP contribution in [0.1, 0.15) is 108 Å². The van der Waals surface area contributed by atoms with Gasteiger partial charge in [-0.3, -0.25) is 0 Å². The lowest BCUT2D eigenvalue weighted by molar-refractivity contribution is 0.0734. The molecule has 0 N–H and O–H groups in total. The lowest BCUT2D eigenvalue weighted by Crippen LogP contribution is -2.16. The van der Waals surface area contributed by atoms with E-state index in [9.17, 15) is 4.79 Å². The highest BCUT2D eigenvalue weighted by atomic mass is 16.5. The molecule has 0 aliphatic rings. The topological polar surface area (TPSA) is 44.8 Å². The van der Waals surface area contributed by atoms with Gasteiger partial charge in [0.15, 0.2) is 0 Å². The maximum Gasteiger partial charge on any atom is 0.343 e. The standard InChI is InChI=1S/C35H46O4/c1-5-8-9-10-11-12-14-32(13-6-2)38-33-23-25-34(26-24-33)39-35(36)31-21-19-30(20-22-31)29-17-15-28(16-18-29)27(4)37-7-3/h15-27,32H,5-14H2,1-4H3. The fourth-order valence-electron chi connectivity index (χ4n) is 4.77. The van der Waals surface area contributed by atoms with Crippen LogP contribution >= 0.6 is 0 Å². The van der Waals surface area contributed by atoms with Gasteiger partial charge in [-0.25, -0.2) is 4.79 Å². The van der Waals surface area contributed by atoms with Gasteiger partial charge < -0.3 is 14.2 Å². The molecule has 0 aromatic heterocycles. The van der Waals surface area contributed by atoms with Crippen LogP contribution in [0.4, 0.5) is 0 Å². The summed E-state index contributed by atoms with van der Waals surface area (Å²) < 4.78 is 17.6. The predicted octanol–water partition coefficient (Wildman–Crippen LogP) is 9.97. The molecular formula is C35H46O4. The van der Waals surface area contributed by atoms with Gasteiger partial charge in [-0.05, 0) is 86.2 Å². The third-order valence-electron chi connectivity index (χ3n) is 7.08. The largest absolute Gasteiger partial charge is 0.490 e. The zero-order valence-electron chi connectivity index (χ0n) is 24.3. The summed E-state index contributed by atoms with van der Waals surface area (Å²) in [6, 6.07) is 23.3. The first-order chi connectivity index (χ1) is 19.0. The van der Waals surface area contributed by atoms with Gasteiger partial charge in [-0.2, -0.15) is 0 Å². The molecule has 2 atom stereocenters. The maximum atomic E-state index is 12.7. The van der Waals surface area contributed by atoms with Gasteiger partial charge in [0, 0.05) is 6.61 Å². The van der Waals surface area contributed by atoms with Crippen LogP contribution in [0.15, 0.2) is 72.8 Å². The summed E-state index contributed by atoms with van der Waals surface area (Å²) in [5.41, 5.74) is 3.81. The van der Waals surface area contributed by atoms with Gasteiger partial charge in [0.1, 0.15) is 11.5 Å². The number of benzene rings is 3. The Balaban J connectivity index is 1.51. The number of carbonyl (C=O) groups excluding carboxylic acids is 1. The van der Waals surface area contributed by atoms with E-state index in [4.69, 9.17) is 14.2 Å². The van der Waals surface area contributed by atoms with Gasteiger partial charge in [0.2, 0.25) is 0 Å². The van der Waals surface area contributed by atoms with Crippen molar-refractivity contribution in [3.8, 4) is 22.6 Å². The molecule has 0 amide bonds. The molecular weight excluding hydrogens is 484 g/mol. The van der Waals surface area contributed by atoms with Crippen LogP contribution in [0.3, 0.4) is 0 Å². The minimum absolute atomic E-state index is 0.0738. The molecule has 4 heteroatoms. The Morgan fingerprint density at radius 2 is 1.26 bits per heavy atom. The fourth-order valence-corrected chi connectivity index (χ4v) is 4.77.